The molecule has 6 heteroatoms. The second kappa shape index (κ2) is 8.90. The van der Waals surface area contributed by atoms with Gasteiger partial charge in [-0.15, -0.1) is 0 Å². The Morgan fingerprint density at radius 3 is 2.52 bits per heavy atom. The van der Waals surface area contributed by atoms with Gasteiger partial charge in [-0.1, -0.05) is 49.4 Å². The molecule has 152 valence electrons. The van der Waals surface area contributed by atoms with Crippen LogP contribution in [-0.2, 0) is 14.3 Å². The first-order chi connectivity index (χ1) is 14.0. The number of methoxy groups -OCH3 is 1. The summed E-state index contributed by atoms with van der Waals surface area (Å²) in [4.78, 5) is 39.6. The standard InChI is InChI=1S/C23H25NO5/c1-4-19(17-11-8-12-18(13-17)28-3)21(15(2)25)22(26)24-20(14-29-23(24)27)16-9-6-5-7-10-16/h5-13,19-21H,4,14H2,1-3H3/t19-,20+,21-/m0/s1. The van der Waals surface area contributed by atoms with E-state index in [0.29, 0.717) is 12.2 Å². The number of Topliss-reactive ketones (excluding diaryl/α,β-unsaturated/α-hetero) is 1. The van der Waals surface area contributed by atoms with Crippen molar-refractivity contribution in [3.63, 3.8) is 0 Å². The van der Waals surface area contributed by atoms with E-state index in [1.165, 1.54) is 6.92 Å². The second-order valence-electron chi connectivity index (χ2n) is 7.09. The molecule has 0 aliphatic carbocycles. The molecule has 6 nitrogen and oxygen atoms in total. The van der Waals surface area contributed by atoms with Crippen molar-refractivity contribution in [3.05, 3.63) is 65.7 Å². The molecule has 2 aromatic rings. The van der Waals surface area contributed by atoms with Crippen LogP contribution in [0.4, 0.5) is 4.79 Å². The topological polar surface area (TPSA) is 72.9 Å². The summed E-state index contributed by atoms with van der Waals surface area (Å²) in [7, 11) is 1.57. The minimum Gasteiger partial charge on any atom is -0.497 e. The summed E-state index contributed by atoms with van der Waals surface area (Å²) in [6, 6.07) is 16.0. The zero-order chi connectivity index (χ0) is 21.0. The fourth-order valence-corrected chi connectivity index (χ4v) is 3.90. The highest BCUT2D eigenvalue weighted by Gasteiger charge is 2.45. The molecular formula is C23H25NO5. The minimum atomic E-state index is -0.982. The van der Waals surface area contributed by atoms with Crippen molar-refractivity contribution >= 4 is 17.8 Å². The van der Waals surface area contributed by atoms with E-state index in [-0.39, 0.29) is 18.3 Å². The van der Waals surface area contributed by atoms with E-state index in [0.717, 1.165) is 16.0 Å². The van der Waals surface area contributed by atoms with Gasteiger partial charge in [0.25, 0.3) is 0 Å². The van der Waals surface area contributed by atoms with Crippen molar-refractivity contribution < 1.29 is 23.9 Å². The predicted molar refractivity (Wildman–Crippen MR) is 108 cm³/mol. The first-order valence-electron chi connectivity index (χ1n) is 9.67. The number of benzene rings is 2. The molecule has 1 saturated heterocycles. The lowest BCUT2D eigenvalue weighted by molar-refractivity contribution is -0.140. The molecule has 0 unspecified atom stereocenters. The molecule has 2 aromatic carbocycles. The highest BCUT2D eigenvalue weighted by molar-refractivity contribution is 6.06. The number of nitrogens with zero attached hydrogens (tertiary/aromatic N) is 1. The maximum absolute atomic E-state index is 13.5. The lowest BCUT2D eigenvalue weighted by atomic mass is 9.80. The second-order valence-corrected chi connectivity index (χ2v) is 7.09. The van der Waals surface area contributed by atoms with Crippen molar-refractivity contribution in [1.82, 2.24) is 4.90 Å². The van der Waals surface area contributed by atoms with E-state index >= 15 is 0 Å². The largest absolute Gasteiger partial charge is 0.497 e. The highest BCUT2D eigenvalue weighted by atomic mass is 16.6. The van der Waals surface area contributed by atoms with Crippen molar-refractivity contribution in [1.29, 1.82) is 0 Å². The number of hydrogen-bond acceptors (Lipinski definition) is 5. The fourth-order valence-electron chi connectivity index (χ4n) is 3.90. The summed E-state index contributed by atoms with van der Waals surface area (Å²) in [5.74, 6) is -1.51. The van der Waals surface area contributed by atoms with Crippen LogP contribution in [0.15, 0.2) is 54.6 Å². The number of carbonyl (C=O) groups excluding carboxylic acids is 3. The average molecular weight is 395 g/mol. The molecule has 0 aromatic heterocycles. The fraction of sp³-hybridized carbons (Fsp3) is 0.348. The van der Waals surface area contributed by atoms with Gasteiger partial charge in [0, 0.05) is 5.92 Å². The third kappa shape index (κ3) is 4.16. The van der Waals surface area contributed by atoms with E-state index in [1.54, 1.807) is 7.11 Å². The first kappa shape index (κ1) is 20.6. The summed E-state index contributed by atoms with van der Waals surface area (Å²) in [5.41, 5.74) is 1.62. The van der Waals surface area contributed by atoms with Gasteiger partial charge in [-0.05, 0) is 36.6 Å². The Morgan fingerprint density at radius 2 is 1.90 bits per heavy atom. The molecule has 0 bridgehead atoms. The Hall–Kier alpha value is -3.15. The quantitative estimate of drug-likeness (QED) is 0.660. The number of ketones is 1. The monoisotopic (exact) mass is 395 g/mol. The van der Waals surface area contributed by atoms with Gasteiger partial charge in [0.2, 0.25) is 5.91 Å². The van der Waals surface area contributed by atoms with Crippen LogP contribution in [0.25, 0.3) is 0 Å². The molecule has 0 saturated carbocycles. The van der Waals surface area contributed by atoms with Gasteiger partial charge in [0.15, 0.2) is 0 Å². The Kier molecular flexibility index (Phi) is 6.32. The normalized spacial score (nSPS) is 18.1. The molecular weight excluding hydrogens is 370 g/mol. The SMILES string of the molecule is CC[C@@H](c1cccc(OC)c1)[C@H](C(C)=O)C(=O)N1C(=O)OC[C@@H]1c1ccccc1. The Morgan fingerprint density at radius 1 is 1.17 bits per heavy atom. The van der Waals surface area contributed by atoms with Crippen LogP contribution >= 0.6 is 0 Å². The molecule has 3 atom stereocenters. The van der Waals surface area contributed by atoms with E-state index in [4.69, 9.17) is 9.47 Å². The Balaban J connectivity index is 1.97. The number of hydrogen-bond donors (Lipinski definition) is 0. The van der Waals surface area contributed by atoms with Gasteiger partial charge in [-0.25, -0.2) is 9.69 Å². The zero-order valence-corrected chi connectivity index (χ0v) is 16.8. The van der Waals surface area contributed by atoms with Gasteiger partial charge in [-0.2, -0.15) is 0 Å². The summed E-state index contributed by atoms with van der Waals surface area (Å²) >= 11 is 0. The van der Waals surface area contributed by atoms with Crippen LogP contribution in [0, 0.1) is 5.92 Å². The number of ether oxygens (including phenoxy) is 2. The maximum Gasteiger partial charge on any atom is 0.417 e. The maximum atomic E-state index is 13.5. The van der Waals surface area contributed by atoms with Crippen molar-refractivity contribution in [2.45, 2.75) is 32.2 Å². The van der Waals surface area contributed by atoms with Gasteiger partial charge >= 0.3 is 6.09 Å². The lowest BCUT2D eigenvalue weighted by Crippen LogP contribution is -2.43. The Labute approximate surface area is 170 Å². The van der Waals surface area contributed by atoms with Crippen LogP contribution in [-0.4, -0.2) is 36.4 Å². The molecule has 1 aliphatic rings. The zero-order valence-electron chi connectivity index (χ0n) is 16.8. The van der Waals surface area contributed by atoms with Crippen LogP contribution < -0.4 is 4.74 Å². The Bertz CT molecular complexity index is 895. The number of rotatable bonds is 7. The number of amides is 2. The molecule has 1 heterocycles. The van der Waals surface area contributed by atoms with E-state index < -0.39 is 24.0 Å². The van der Waals surface area contributed by atoms with Crippen molar-refractivity contribution in [2.75, 3.05) is 13.7 Å². The molecule has 3 rings (SSSR count). The third-order valence-corrected chi connectivity index (χ3v) is 5.36. The number of carbonyl (C=O) groups is 3. The molecule has 1 fully saturated rings. The van der Waals surface area contributed by atoms with Gasteiger partial charge in [0.05, 0.1) is 7.11 Å². The molecule has 2 amide bonds. The number of imide groups is 1. The van der Waals surface area contributed by atoms with Gasteiger partial charge in [0.1, 0.15) is 30.1 Å². The van der Waals surface area contributed by atoms with Crippen LogP contribution in [0.1, 0.15) is 43.4 Å². The highest BCUT2D eigenvalue weighted by Crippen LogP contribution is 2.36. The summed E-state index contributed by atoms with van der Waals surface area (Å²) in [5, 5.41) is 0. The van der Waals surface area contributed by atoms with Crippen molar-refractivity contribution in [2.24, 2.45) is 5.92 Å². The van der Waals surface area contributed by atoms with Crippen molar-refractivity contribution in [3.8, 4) is 5.75 Å². The minimum absolute atomic E-state index is 0.0785. The van der Waals surface area contributed by atoms with Crippen LogP contribution in [0.2, 0.25) is 0 Å². The van der Waals surface area contributed by atoms with Crippen LogP contribution in [0.3, 0.4) is 0 Å². The molecule has 0 spiro atoms. The first-order valence-corrected chi connectivity index (χ1v) is 9.67. The summed E-state index contributed by atoms with van der Waals surface area (Å²) in [6.45, 7) is 3.39. The van der Waals surface area contributed by atoms with Gasteiger partial charge in [-0.3, -0.25) is 9.59 Å². The third-order valence-electron chi connectivity index (χ3n) is 5.36. The number of cyclic esters (lactones) is 1. The lowest BCUT2D eigenvalue weighted by Gasteiger charge is -2.29. The van der Waals surface area contributed by atoms with Gasteiger partial charge < -0.3 is 9.47 Å². The van der Waals surface area contributed by atoms with E-state index in [1.807, 2.05) is 61.5 Å². The summed E-state index contributed by atoms with van der Waals surface area (Å²) < 4.78 is 10.5. The van der Waals surface area contributed by atoms with E-state index in [9.17, 15) is 14.4 Å². The smallest absolute Gasteiger partial charge is 0.417 e. The molecule has 0 N–H and O–H groups in total. The molecule has 1 aliphatic heterocycles. The predicted octanol–water partition coefficient (Wildman–Crippen LogP) is 4.11. The molecule has 29 heavy (non-hydrogen) atoms. The van der Waals surface area contributed by atoms with Crippen LogP contribution in [0.5, 0.6) is 5.75 Å². The van der Waals surface area contributed by atoms with E-state index in [2.05, 4.69) is 0 Å². The summed E-state index contributed by atoms with van der Waals surface area (Å²) in [6.07, 6.45) is -0.155. The molecule has 0 radical (unpaired) electrons. The average Bonchev–Trinajstić information content (AvgIpc) is 3.13.